The summed E-state index contributed by atoms with van der Waals surface area (Å²) in [5.41, 5.74) is 4.73. The number of ketones is 2. The van der Waals surface area contributed by atoms with Crippen LogP contribution in [0.3, 0.4) is 0 Å². The van der Waals surface area contributed by atoms with E-state index in [-0.39, 0.29) is 55.5 Å². The molecular weight excluding hydrogens is 434 g/mol. The molecule has 0 unspecified atom stereocenters. The van der Waals surface area contributed by atoms with Gasteiger partial charge in [-0.2, -0.15) is 0 Å². The highest BCUT2D eigenvalue weighted by Gasteiger charge is 2.27. The number of carbonyl (C=O) groups is 4. The molecule has 7 nitrogen and oxygen atoms in total. The number of Topliss-reactive ketones (excluding diaryl/α,β-unsaturated/α-hetero) is 2. The molecule has 34 heavy (non-hydrogen) atoms. The smallest absolute Gasteiger partial charge is 0.309 e. The fourth-order valence-electron chi connectivity index (χ4n) is 2.64. The van der Waals surface area contributed by atoms with Crippen LogP contribution in [-0.2, 0) is 28.7 Å². The highest BCUT2D eigenvalue weighted by molar-refractivity contribution is 5.88. The van der Waals surface area contributed by atoms with Gasteiger partial charge >= 0.3 is 11.9 Å². The van der Waals surface area contributed by atoms with Gasteiger partial charge in [-0.15, -0.1) is 0 Å². The summed E-state index contributed by atoms with van der Waals surface area (Å²) < 4.78 is 10.5. The molecule has 0 rings (SSSR count). The molecule has 0 aromatic carbocycles. The van der Waals surface area contributed by atoms with Crippen molar-refractivity contribution in [1.82, 2.24) is 0 Å². The standard InChI is InChI=1S/C14H26O3.C13H25NO3.H2/c1-9(2)11(4)12(15)8-10(3)13(16)17-14(5,6)7;1-8(2)11(14)10(15)7-9(3)12(16)17-13(4,5)6;/h9-11H,8H2,1-7H3;8-9,11H,7,14H2,1-6H3;1H/t10-,11+;9-,11+;/m11./s1. The monoisotopic (exact) mass is 487 g/mol. The van der Waals surface area contributed by atoms with Crippen LogP contribution in [-0.4, -0.2) is 40.7 Å². The summed E-state index contributed by atoms with van der Waals surface area (Å²) in [6.07, 6.45) is 0.419. The van der Waals surface area contributed by atoms with Gasteiger partial charge in [0.15, 0.2) is 5.78 Å². The molecule has 0 bridgehead atoms. The van der Waals surface area contributed by atoms with Crippen LogP contribution in [0, 0.1) is 29.6 Å². The van der Waals surface area contributed by atoms with Gasteiger partial charge in [0.25, 0.3) is 0 Å². The lowest BCUT2D eigenvalue weighted by Crippen LogP contribution is -2.38. The SMILES string of the molecule is CC(C)[C@H](C)C(=O)C[C@@H](C)C(=O)OC(C)(C)C.CC(C)[C@H](N)C(=O)C[C@@H](C)C(=O)OC(C)(C)C.[HH]. The maximum atomic E-state index is 11.9. The Kier molecular flexibility index (Phi) is 14.8. The highest BCUT2D eigenvalue weighted by Crippen LogP contribution is 2.19. The Balaban J connectivity index is -0.000000569. The predicted octanol–water partition coefficient (Wildman–Crippen LogP) is 5.37. The van der Waals surface area contributed by atoms with Crippen molar-refractivity contribution in [3.8, 4) is 0 Å². The van der Waals surface area contributed by atoms with E-state index < -0.39 is 23.2 Å². The zero-order valence-corrected chi connectivity index (χ0v) is 23.9. The van der Waals surface area contributed by atoms with Crippen LogP contribution in [0.15, 0.2) is 0 Å². The molecular formula is C27H53NO6. The number of hydrogen-bond acceptors (Lipinski definition) is 7. The molecule has 0 amide bonds. The van der Waals surface area contributed by atoms with Gasteiger partial charge in [-0.3, -0.25) is 19.2 Å². The lowest BCUT2D eigenvalue weighted by Gasteiger charge is -2.23. The molecule has 0 aliphatic carbocycles. The van der Waals surface area contributed by atoms with E-state index in [0.717, 1.165) is 0 Å². The second kappa shape index (κ2) is 14.6. The number of nitrogens with two attached hydrogens (primary N) is 1. The number of rotatable bonds is 10. The normalized spacial score (nSPS) is 15.5. The summed E-state index contributed by atoms with van der Waals surface area (Å²) in [6, 6.07) is -0.500. The van der Waals surface area contributed by atoms with Crippen molar-refractivity contribution in [1.29, 1.82) is 0 Å². The molecule has 0 spiro atoms. The minimum absolute atomic E-state index is 0. The van der Waals surface area contributed by atoms with E-state index in [0.29, 0.717) is 5.92 Å². The molecule has 0 saturated carbocycles. The van der Waals surface area contributed by atoms with Gasteiger partial charge in [-0.1, -0.05) is 48.5 Å². The average Bonchev–Trinajstić information content (AvgIpc) is 2.63. The van der Waals surface area contributed by atoms with Crippen molar-refractivity contribution in [3.05, 3.63) is 0 Å². The summed E-state index contributed by atoms with van der Waals surface area (Å²) in [5.74, 6) is -0.976. The van der Waals surface area contributed by atoms with E-state index in [9.17, 15) is 19.2 Å². The summed E-state index contributed by atoms with van der Waals surface area (Å²) in [6.45, 7) is 24.1. The lowest BCUT2D eigenvalue weighted by molar-refractivity contribution is -0.161. The van der Waals surface area contributed by atoms with Gasteiger partial charge in [0.1, 0.15) is 17.0 Å². The predicted molar refractivity (Wildman–Crippen MR) is 138 cm³/mol. The van der Waals surface area contributed by atoms with Gasteiger partial charge in [-0.25, -0.2) is 0 Å². The fraction of sp³-hybridized carbons (Fsp3) is 0.852. The second-order valence-corrected chi connectivity index (χ2v) is 12.0. The first-order valence-corrected chi connectivity index (χ1v) is 12.4. The Labute approximate surface area is 209 Å². The van der Waals surface area contributed by atoms with E-state index in [1.807, 2.05) is 55.4 Å². The first-order chi connectivity index (χ1) is 15.1. The van der Waals surface area contributed by atoms with Crippen LogP contribution < -0.4 is 5.73 Å². The van der Waals surface area contributed by atoms with E-state index in [1.54, 1.807) is 34.6 Å². The molecule has 4 atom stereocenters. The number of ether oxygens (including phenoxy) is 2. The highest BCUT2D eigenvalue weighted by atomic mass is 16.6. The largest absolute Gasteiger partial charge is 0.460 e. The Morgan fingerprint density at radius 3 is 1.24 bits per heavy atom. The van der Waals surface area contributed by atoms with Crippen molar-refractivity contribution in [2.75, 3.05) is 0 Å². The average molecular weight is 488 g/mol. The first kappa shape index (κ1) is 34.4. The molecule has 2 N–H and O–H groups in total. The zero-order chi connectivity index (χ0) is 27.6. The number of hydrogen-bond donors (Lipinski definition) is 1. The van der Waals surface area contributed by atoms with Crippen LogP contribution >= 0.6 is 0 Å². The topological polar surface area (TPSA) is 113 Å². The molecule has 0 aliphatic heterocycles. The minimum Gasteiger partial charge on any atom is -0.460 e. The molecule has 0 saturated heterocycles. The van der Waals surface area contributed by atoms with Crippen molar-refractivity contribution in [2.45, 2.75) is 120 Å². The van der Waals surface area contributed by atoms with Crippen LogP contribution in [0.2, 0.25) is 0 Å². The van der Waals surface area contributed by atoms with Gasteiger partial charge in [0.2, 0.25) is 0 Å². The van der Waals surface area contributed by atoms with Crippen LogP contribution in [0.25, 0.3) is 0 Å². The van der Waals surface area contributed by atoms with Crippen LogP contribution in [0.5, 0.6) is 0 Å². The maximum absolute atomic E-state index is 11.9. The van der Waals surface area contributed by atoms with E-state index in [4.69, 9.17) is 15.2 Å². The van der Waals surface area contributed by atoms with Crippen molar-refractivity contribution in [3.63, 3.8) is 0 Å². The second-order valence-electron chi connectivity index (χ2n) is 12.0. The number of esters is 2. The molecule has 0 heterocycles. The molecule has 0 fully saturated rings. The quantitative estimate of drug-likeness (QED) is 0.412. The Bertz CT molecular complexity index is 618. The maximum Gasteiger partial charge on any atom is 0.309 e. The molecule has 0 aliphatic rings. The fourth-order valence-corrected chi connectivity index (χ4v) is 2.64. The van der Waals surface area contributed by atoms with Crippen LogP contribution in [0.4, 0.5) is 0 Å². The lowest BCUT2D eigenvalue weighted by atomic mass is 9.89. The first-order valence-electron chi connectivity index (χ1n) is 12.4. The van der Waals surface area contributed by atoms with Crippen molar-refractivity contribution in [2.24, 2.45) is 35.3 Å². The molecule has 0 radical (unpaired) electrons. The third-order valence-corrected chi connectivity index (χ3v) is 5.23. The Hall–Kier alpha value is -1.76. The van der Waals surface area contributed by atoms with E-state index in [2.05, 4.69) is 0 Å². The third kappa shape index (κ3) is 16.0. The van der Waals surface area contributed by atoms with E-state index in [1.165, 1.54) is 0 Å². The van der Waals surface area contributed by atoms with Gasteiger partial charge in [0.05, 0.1) is 17.9 Å². The molecule has 0 aromatic rings. The van der Waals surface area contributed by atoms with Crippen molar-refractivity contribution < 1.29 is 30.1 Å². The third-order valence-electron chi connectivity index (χ3n) is 5.23. The summed E-state index contributed by atoms with van der Waals surface area (Å²) in [7, 11) is 0. The Morgan fingerprint density at radius 1 is 0.647 bits per heavy atom. The van der Waals surface area contributed by atoms with Crippen molar-refractivity contribution >= 4 is 23.5 Å². The summed E-state index contributed by atoms with van der Waals surface area (Å²) in [4.78, 5) is 47.0. The molecule has 202 valence electrons. The Morgan fingerprint density at radius 2 is 0.971 bits per heavy atom. The van der Waals surface area contributed by atoms with Crippen LogP contribution in [0.1, 0.15) is 104 Å². The zero-order valence-electron chi connectivity index (χ0n) is 23.9. The minimum atomic E-state index is -0.519. The summed E-state index contributed by atoms with van der Waals surface area (Å²) in [5, 5.41) is 0. The molecule has 7 heteroatoms. The van der Waals surface area contributed by atoms with Gasteiger partial charge in [-0.05, 0) is 53.4 Å². The van der Waals surface area contributed by atoms with E-state index >= 15 is 0 Å². The molecule has 0 aromatic heterocycles. The summed E-state index contributed by atoms with van der Waals surface area (Å²) >= 11 is 0. The van der Waals surface area contributed by atoms with Gasteiger partial charge in [0, 0.05) is 20.2 Å². The number of carbonyl (C=O) groups excluding carboxylic acids is 4. The van der Waals surface area contributed by atoms with Gasteiger partial charge < -0.3 is 15.2 Å².